The number of aliphatic hydroxyl groups excluding tert-OH is 2. The number of hydrogen-bond acceptors (Lipinski definition) is 13. The Labute approximate surface area is 469 Å². The van der Waals surface area contributed by atoms with Crippen molar-refractivity contribution >= 4 is 35.6 Å². The van der Waals surface area contributed by atoms with Gasteiger partial charge in [-0.25, -0.2) is 0 Å². The van der Waals surface area contributed by atoms with Gasteiger partial charge in [0.05, 0.1) is 51.4 Å². The normalized spacial score (nSPS) is 18.5. The molecule has 77 heavy (non-hydrogen) atoms. The number of esters is 3. The molecule has 3 rings (SSSR count). The molecule has 2 unspecified atom stereocenters. The fourth-order valence-electron chi connectivity index (χ4n) is 10.1. The molecule has 1 fully saturated rings. The summed E-state index contributed by atoms with van der Waals surface area (Å²) in [5, 5.41) is 25.0. The second kappa shape index (κ2) is 43.2. The van der Waals surface area contributed by atoms with E-state index in [0.29, 0.717) is 19.3 Å². The summed E-state index contributed by atoms with van der Waals surface area (Å²) in [6.45, 7) is 7.14. The van der Waals surface area contributed by atoms with Crippen molar-refractivity contribution in [3.05, 3.63) is 60.2 Å². The van der Waals surface area contributed by atoms with Gasteiger partial charge in [0.25, 0.3) is 0 Å². The Morgan fingerprint density at radius 1 is 0.649 bits per heavy atom. The van der Waals surface area contributed by atoms with Crippen molar-refractivity contribution < 1.29 is 57.8 Å². The zero-order chi connectivity index (χ0) is 55.7. The van der Waals surface area contributed by atoms with Gasteiger partial charge in [-0.3, -0.25) is 19.2 Å². The van der Waals surface area contributed by atoms with Crippen LogP contribution in [0.5, 0.6) is 5.75 Å². The fraction of sp³-hybridized carbons (Fsp3) is 0.746. The van der Waals surface area contributed by atoms with Crippen molar-refractivity contribution in [2.75, 3.05) is 20.3 Å². The molecule has 0 radical (unpaired) electrons. The first-order chi connectivity index (χ1) is 37.5. The zero-order valence-electron chi connectivity index (χ0n) is 48.2. The molecular formula is C63H103NO12S. The molecular weight excluding hydrogens is 995 g/mol. The molecule has 0 saturated carbocycles. The first-order valence-electron chi connectivity index (χ1n) is 30.2. The van der Waals surface area contributed by atoms with Crippen LogP contribution in [0.2, 0.25) is 0 Å². The van der Waals surface area contributed by atoms with Crippen molar-refractivity contribution in [3.8, 4) is 5.75 Å². The smallest absolute Gasteiger partial charge is 0.306 e. The maximum absolute atomic E-state index is 13.6. The van der Waals surface area contributed by atoms with E-state index < -0.39 is 72.4 Å². The number of carbonyl (C=O) groups is 4. The van der Waals surface area contributed by atoms with Crippen LogP contribution in [-0.4, -0.2) is 96.3 Å². The van der Waals surface area contributed by atoms with Gasteiger partial charge >= 0.3 is 17.9 Å². The Hall–Kier alpha value is -3.69. The maximum Gasteiger partial charge on any atom is 0.306 e. The van der Waals surface area contributed by atoms with Crippen LogP contribution in [0.25, 0.3) is 0 Å². The molecule has 0 spiro atoms. The van der Waals surface area contributed by atoms with E-state index in [1.165, 1.54) is 134 Å². The molecule has 0 aromatic heterocycles. The topological polar surface area (TPSA) is 176 Å². The third kappa shape index (κ3) is 30.5. The predicted molar refractivity (Wildman–Crippen MR) is 308 cm³/mol. The summed E-state index contributed by atoms with van der Waals surface area (Å²) in [5.41, 5.74) is 0.394. The van der Waals surface area contributed by atoms with Crippen molar-refractivity contribution in [2.45, 2.75) is 280 Å². The van der Waals surface area contributed by atoms with Crippen molar-refractivity contribution in [3.63, 3.8) is 0 Å². The van der Waals surface area contributed by atoms with Crippen LogP contribution in [-0.2, 0) is 49.5 Å². The summed E-state index contributed by atoms with van der Waals surface area (Å²) >= 11 is 1.46. The minimum atomic E-state index is -1.15. The van der Waals surface area contributed by atoms with E-state index >= 15 is 0 Å². The Bertz CT molecular complexity index is 1820. The standard InChI is InChI=1S/C63H103NO12S/c1-6-8-10-12-14-16-18-20-21-22-24-26-28-30-35-39-57(67)64-54(46-65)62(74-50(4)66)55(38-34-29-27-25-23-19-17-15-13-11-9-7-2)75-59(69)45-44-58(68)72-48-56-60(70)49(3)61(63(76-56)77-53-36-32-31-33-37-53)73-47-51-40-42-52(71-5)43-41-51/h31-33,36-37,40-43,49,54-56,60-63,65,70H,6-30,34-35,38-39,44-48H2,1-5H3,(H,64,67)/t49-,54-,55+,56?,60-,61?,62-,63-/m0/s1. The van der Waals surface area contributed by atoms with Gasteiger partial charge in [0, 0.05) is 24.2 Å². The molecule has 0 bridgehead atoms. The molecule has 8 atom stereocenters. The van der Waals surface area contributed by atoms with Crippen LogP contribution in [0.4, 0.5) is 0 Å². The fourth-order valence-corrected chi connectivity index (χ4v) is 11.3. The number of hydrogen-bond donors (Lipinski definition) is 3. The Kier molecular flexibility index (Phi) is 37.9. The highest BCUT2D eigenvalue weighted by atomic mass is 32.2. The number of unbranched alkanes of at least 4 members (excludes halogenated alkanes) is 25. The molecule has 438 valence electrons. The second-order valence-corrected chi connectivity index (χ2v) is 22.6. The lowest BCUT2D eigenvalue weighted by Crippen LogP contribution is -2.54. The highest BCUT2D eigenvalue weighted by molar-refractivity contribution is 7.99. The first-order valence-corrected chi connectivity index (χ1v) is 31.1. The number of carbonyl (C=O) groups excluding carboxylic acids is 4. The van der Waals surface area contributed by atoms with Crippen molar-refractivity contribution in [1.82, 2.24) is 5.32 Å². The van der Waals surface area contributed by atoms with E-state index in [-0.39, 0.29) is 38.4 Å². The number of thioether (sulfide) groups is 1. The summed E-state index contributed by atoms with van der Waals surface area (Å²) in [7, 11) is 1.61. The highest BCUT2D eigenvalue weighted by Crippen LogP contribution is 2.38. The number of rotatable bonds is 46. The average molecular weight is 1100 g/mol. The van der Waals surface area contributed by atoms with E-state index in [0.717, 1.165) is 61.2 Å². The number of ether oxygens (including phenoxy) is 6. The average Bonchev–Trinajstić information content (AvgIpc) is 3.43. The first kappa shape index (κ1) is 67.6. The summed E-state index contributed by atoms with van der Waals surface area (Å²) in [4.78, 5) is 53.7. The van der Waals surface area contributed by atoms with E-state index in [1.54, 1.807) is 7.11 Å². The second-order valence-electron chi connectivity index (χ2n) is 21.5. The molecule has 2 aromatic rings. The monoisotopic (exact) mass is 1100 g/mol. The molecule has 2 aromatic carbocycles. The number of amides is 1. The van der Waals surface area contributed by atoms with E-state index in [1.807, 2.05) is 61.5 Å². The molecule has 1 heterocycles. The largest absolute Gasteiger partial charge is 0.497 e. The third-order valence-electron chi connectivity index (χ3n) is 14.8. The van der Waals surface area contributed by atoms with Crippen LogP contribution in [0.1, 0.15) is 232 Å². The summed E-state index contributed by atoms with van der Waals surface area (Å²) < 4.78 is 35.6. The van der Waals surface area contributed by atoms with Gasteiger partial charge in [0.2, 0.25) is 5.91 Å². The quantitative estimate of drug-likeness (QED) is 0.0325. The van der Waals surface area contributed by atoms with Crippen molar-refractivity contribution in [2.24, 2.45) is 5.92 Å². The van der Waals surface area contributed by atoms with Gasteiger partial charge in [-0.05, 0) is 49.1 Å². The van der Waals surface area contributed by atoms with Crippen LogP contribution < -0.4 is 10.1 Å². The molecule has 1 saturated heterocycles. The highest BCUT2D eigenvalue weighted by Gasteiger charge is 2.45. The Morgan fingerprint density at radius 2 is 1.16 bits per heavy atom. The minimum absolute atomic E-state index is 0.246. The number of methoxy groups -OCH3 is 1. The molecule has 14 heteroatoms. The van der Waals surface area contributed by atoms with E-state index in [4.69, 9.17) is 28.4 Å². The van der Waals surface area contributed by atoms with Crippen LogP contribution >= 0.6 is 11.8 Å². The summed E-state index contributed by atoms with van der Waals surface area (Å²) in [5.74, 6) is -1.94. The lowest BCUT2D eigenvalue weighted by Gasteiger charge is -2.43. The zero-order valence-corrected chi connectivity index (χ0v) is 49.1. The third-order valence-corrected chi connectivity index (χ3v) is 16.0. The van der Waals surface area contributed by atoms with Crippen LogP contribution in [0, 0.1) is 5.92 Å². The maximum atomic E-state index is 13.6. The van der Waals surface area contributed by atoms with Crippen molar-refractivity contribution in [1.29, 1.82) is 0 Å². The molecule has 1 amide bonds. The summed E-state index contributed by atoms with van der Waals surface area (Å²) in [6, 6.07) is 16.3. The molecule has 0 aliphatic carbocycles. The predicted octanol–water partition coefficient (Wildman–Crippen LogP) is 14.1. The van der Waals surface area contributed by atoms with E-state index in [9.17, 15) is 29.4 Å². The number of benzene rings is 2. The lowest BCUT2D eigenvalue weighted by molar-refractivity contribution is -0.201. The van der Waals surface area contributed by atoms with Gasteiger partial charge in [0.1, 0.15) is 30.0 Å². The van der Waals surface area contributed by atoms with Gasteiger partial charge in [-0.1, -0.05) is 223 Å². The van der Waals surface area contributed by atoms with Crippen LogP contribution in [0.15, 0.2) is 59.5 Å². The Morgan fingerprint density at radius 3 is 1.66 bits per heavy atom. The summed E-state index contributed by atoms with van der Waals surface area (Å²) in [6.07, 6.45) is 27.4. The van der Waals surface area contributed by atoms with E-state index in [2.05, 4.69) is 19.2 Å². The molecule has 1 aliphatic heterocycles. The number of nitrogens with one attached hydrogen (secondary N) is 1. The molecule has 13 nitrogen and oxygen atoms in total. The molecule has 3 N–H and O–H groups in total. The SMILES string of the molecule is CCCCCCCCCCCCCCCCCC(=O)N[C@@H](CO)[C@H](OC(C)=O)[C@@H](CCCCCCCCCCCCCC)OC(=O)CCC(=O)OCC1O[C@@H](Sc2ccccc2)C(OCc2ccc(OC)cc2)[C@@H](C)[C@@H]1O. The number of aliphatic hydroxyl groups is 2. The van der Waals surface area contributed by atoms with Gasteiger partial charge in [0.15, 0.2) is 6.10 Å². The van der Waals surface area contributed by atoms with Gasteiger partial charge < -0.3 is 44.0 Å². The van der Waals surface area contributed by atoms with Gasteiger partial charge in [-0.15, -0.1) is 0 Å². The molecule has 1 aliphatic rings. The van der Waals surface area contributed by atoms with Gasteiger partial charge in [-0.2, -0.15) is 0 Å². The lowest BCUT2D eigenvalue weighted by atomic mass is 9.91. The van der Waals surface area contributed by atoms with Crippen LogP contribution in [0.3, 0.4) is 0 Å². The Balaban J connectivity index is 1.55. The minimum Gasteiger partial charge on any atom is -0.497 e.